The number of terminal acetylenes is 1. The molecule has 3 aromatic carbocycles. The summed E-state index contributed by atoms with van der Waals surface area (Å²) in [5.41, 5.74) is 7.68. The SMILES string of the molecule is C#CCCC[C@@H]1C[C@H]1OC(=O)NCC(C)(C)C.COC(=O)[C@@H]1CC2CN1C(=O)[C@H](C(C)(C)C)NC(=O)O[C@@H]1C[C@H]1CCCC#Cc1nc3ccc(C)cc3nc1O2.Cc1ccc2nc(C#CCCC[C@@H]3C[C@H]3OC(=O)N[C@H](C(=O)O)C(C)(C)C)c(OC3CN[C@H](C)C3)nc2c1.Cc1ccc2nc(Cl)c(OC3CN[C@H](C)C3)nc2c1.O=C=O.O=C=O.O=C=O. The van der Waals surface area contributed by atoms with E-state index in [0.29, 0.717) is 76.7 Å². The third kappa shape index (κ3) is 32.3. The highest BCUT2D eigenvalue weighted by molar-refractivity contribution is 6.31. The van der Waals surface area contributed by atoms with Crippen molar-refractivity contribution in [3.63, 3.8) is 0 Å². The molecule has 6 aromatic rings. The lowest BCUT2D eigenvalue weighted by molar-refractivity contribution is -0.193. The zero-order valence-corrected chi connectivity index (χ0v) is 73.3. The van der Waals surface area contributed by atoms with E-state index in [1.807, 2.05) is 96.1 Å². The van der Waals surface area contributed by atoms with E-state index in [2.05, 4.69) is 101 Å². The Morgan fingerprint density at radius 3 is 1.73 bits per heavy atom. The summed E-state index contributed by atoms with van der Waals surface area (Å²) < 4.78 is 39.8. The van der Waals surface area contributed by atoms with E-state index in [4.69, 9.17) is 99.9 Å². The van der Waals surface area contributed by atoms with Crippen LogP contribution in [0.3, 0.4) is 0 Å². The zero-order chi connectivity index (χ0) is 90.5. The van der Waals surface area contributed by atoms with Crippen molar-refractivity contribution in [2.24, 2.45) is 34.0 Å². The molecular formula is C90H113ClN12O20. The average molecular weight is 1720 g/mol. The Labute approximate surface area is 721 Å². The molecule has 6 N–H and O–H groups in total. The number of aliphatic carboxylic acids is 1. The molecular weight excluding hydrogens is 1600 g/mol. The minimum Gasteiger partial charge on any atom is -0.480 e. The summed E-state index contributed by atoms with van der Waals surface area (Å²) in [7, 11) is 1.29. The number of rotatable bonds is 16. The minimum absolute atomic E-state index is 0.0419. The summed E-state index contributed by atoms with van der Waals surface area (Å²) in [6, 6.07) is 15.7. The van der Waals surface area contributed by atoms with Gasteiger partial charge in [0.25, 0.3) is 5.88 Å². The van der Waals surface area contributed by atoms with Crippen LogP contribution in [0.2, 0.25) is 5.15 Å². The number of esters is 1. The summed E-state index contributed by atoms with van der Waals surface area (Å²) in [6.45, 7) is 29.7. The number of nitrogens with zero attached hydrogens (tertiary/aromatic N) is 7. The summed E-state index contributed by atoms with van der Waals surface area (Å²) in [4.78, 5) is 153. The topological polar surface area (TPSA) is 430 Å². The van der Waals surface area contributed by atoms with Crippen molar-refractivity contribution in [1.29, 1.82) is 0 Å². The largest absolute Gasteiger partial charge is 0.480 e. The molecule has 3 unspecified atom stereocenters. The van der Waals surface area contributed by atoms with Gasteiger partial charge in [0, 0.05) is 70.2 Å². The molecule has 660 valence electrons. The highest BCUT2D eigenvalue weighted by atomic mass is 35.5. The number of carbonyl (C=O) groups is 6. The second-order valence-corrected chi connectivity index (χ2v) is 35.2. The van der Waals surface area contributed by atoms with Crippen molar-refractivity contribution in [3.05, 3.63) is 87.8 Å². The van der Waals surface area contributed by atoms with Crippen LogP contribution in [0.4, 0.5) is 14.4 Å². The summed E-state index contributed by atoms with van der Waals surface area (Å²) in [5.74, 6) is 15.6. The Bertz CT molecular complexity index is 4930. The second kappa shape index (κ2) is 46.5. The molecule has 3 aromatic heterocycles. The van der Waals surface area contributed by atoms with Gasteiger partial charge in [0.2, 0.25) is 17.7 Å². The number of benzene rings is 3. The number of aryl methyl sites for hydroxylation is 3. The summed E-state index contributed by atoms with van der Waals surface area (Å²) >= 11 is 6.14. The third-order valence-electron chi connectivity index (χ3n) is 20.7. The number of fused-ring (bicyclic) bond motifs is 7. The first-order valence-corrected chi connectivity index (χ1v) is 41.6. The number of unbranched alkanes of at least 4 members (excludes halogenated alkanes) is 2. The normalized spacial score (nSPS) is 22.9. The fourth-order valence-corrected chi connectivity index (χ4v) is 14.2. The Morgan fingerprint density at radius 2 is 1.21 bits per heavy atom. The second-order valence-electron chi connectivity index (χ2n) is 34.8. The van der Waals surface area contributed by atoms with E-state index < -0.39 is 65.1 Å². The molecule has 33 heteroatoms. The number of halogens is 1. The maximum atomic E-state index is 13.9. The van der Waals surface area contributed by atoms with Crippen molar-refractivity contribution < 1.29 is 95.8 Å². The molecule has 14 atom stereocenters. The van der Waals surface area contributed by atoms with Crippen LogP contribution in [0, 0.1) is 90.8 Å². The molecule has 7 heterocycles. The van der Waals surface area contributed by atoms with Gasteiger partial charge >= 0.3 is 48.7 Å². The van der Waals surface area contributed by atoms with Gasteiger partial charge in [0.05, 0.1) is 46.8 Å². The Morgan fingerprint density at radius 1 is 0.683 bits per heavy atom. The molecule has 0 spiro atoms. The predicted molar refractivity (Wildman–Crippen MR) is 450 cm³/mol. The number of carboxylic acids is 1. The van der Waals surface area contributed by atoms with Crippen molar-refractivity contribution in [1.82, 2.24) is 61.4 Å². The van der Waals surface area contributed by atoms with Gasteiger partial charge in [-0.25, -0.2) is 53.9 Å². The van der Waals surface area contributed by atoms with Crippen LogP contribution in [-0.4, -0.2) is 195 Å². The van der Waals surface area contributed by atoms with Crippen LogP contribution in [0.25, 0.3) is 33.1 Å². The highest BCUT2D eigenvalue weighted by Gasteiger charge is 2.49. The van der Waals surface area contributed by atoms with Crippen LogP contribution >= 0.6 is 11.6 Å². The van der Waals surface area contributed by atoms with Crippen molar-refractivity contribution in [2.75, 3.05) is 33.3 Å². The number of alkyl carbamates (subject to hydrolysis) is 3. The van der Waals surface area contributed by atoms with Crippen LogP contribution in [-0.2, 0) is 62.1 Å². The molecule has 3 saturated carbocycles. The fraction of sp³-hybridized carbons (Fsp3) is 0.567. The quantitative estimate of drug-likeness (QED) is 0.0227. The molecule has 6 fully saturated rings. The van der Waals surface area contributed by atoms with Crippen LogP contribution in [0.15, 0.2) is 54.6 Å². The van der Waals surface area contributed by atoms with Crippen molar-refractivity contribution in [2.45, 2.75) is 260 Å². The Balaban J connectivity index is 0.000000230. The van der Waals surface area contributed by atoms with Gasteiger partial charge in [0.1, 0.15) is 54.7 Å². The number of hydrogen-bond acceptors (Lipinski definition) is 27. The number of carbonyl (C=O) groups excluding carboxylic acids is 11. The van der Waals surface area contributed by atoms with E-state index in [1.54, 1.807) is 20.8 Å². The number of ether oxygens (including phenoxy) is 7. The Hall–Kier alpha value is -11.7. The maximum Gasteiger partial charge on any atom is 0.408 e. The molecule has 13 rings (SSSR count). The number of nitrogens with one attached hydrogen (secondary N) is 5. The maximum absolute atomic E-state index is 13.9. The van der Waals surface area contributed by atoms with E-state index in [0.717, 1.165) is 129 Å². The number of methoxy groups -OCH3 is 1. The molecule has 2 bridgehead atoms. The molecule has 3 aliphatic carbocycles. The van der Waals surface area contributed by atoms with E-state index in [-0.39, 0.29) is 91.2 Å². The molecule has 32 nitrogen and oxygen atoms in total. The molecule has 0 radical (unpaired) electrons. The third-order valence-corrected chi connectivity index (χ3v) is 21.0. The first kappa shape index (κ1) is 98.4. The standard InChI is InChI=1S/C30H36N4O6.C29H38N4O5.C14H16ClN3O.C14H23NO2.3CO2/c1-17-11-12-20-22(13-17)32-26-21(31-20)10-8-6-7-9-18-14-24(18)40-29(37)33-25(30(2,3)4)27(35)34-16-19(39-26)15-23(34)28(36)38-5;1-17-11-12-21-23(13-17)32-26(37-20-14-18(2)30-16-20)22(31-21)10-8-6-7-9-19-15-24(19)38-28(36)33-25(27(34)35)29(3,4)5;1-8-3-4-11-12(5-8)18-14(13(15)17-11)19-10-6-9(2)16-7-10;1-5-6-7-8-11-9-12(11)17-13(16)15-10-14(2,3)4;3*2-1-3/h11-13,18-19,23-25H,6-7,9,14-16H2,1-5H3,(H,33,37);11-13,18-20,24-25,30H,6-7,9,14-16H2,1-5H3,(H,33,36)(H,34,35);3-5,9-10,16H,6-7H2,1-2H3;1,11-12H,6-10H2,2-4H3,(H,15,16);;;/t18-,19?,23+,24-,25-;18-,19-,20?,24-,25-;9-,10?;11-,12-;;;/m1111.../s1. The fourth-order valence-electron chi connectivity index (χ4n) is 14.0. The first-order chi connectivity index (χ1) is 58.3. The van der Waals surface area contributed by atoms with E-state index in [1.165, 1.54) is 12.0 Å². The molecule has 4 amide bonds. The highest BCUT2D eigenvalue weighted by Crippen LogP contribution is 2.41. The molecule has 4 aliphatic heterocycles. The molecule has 7 aliphatic rings. The van der Waals surface area contributed by atoms with Gasteiger partial charge in [-0.3, -0.25) is 4.79 Å². The van der Waals surface area contributed by atoms with Crippen LogP contribution in [0.1, 0.15) is 201 Å². The number of hydrogen-bond donors (Lipinski definition) is 6. The van der Waals surface area contributed by atoms with Gasteiger partial charge in [0.15, 0.2) is 16.5 Å². The summed E-state index contributed by atoms with van der Waals surface area (Å²) in [5, 5.41) is 24.5. The van der Waals surface area contributed by atoms with Crippen LogP contribution in [0.5, 0.6) is 17.6 Å². The van der Waals surface area contributed by atoms with Gasteiger partial charge in [-0.05, 0) is 191 Å². The molecule has 123 heavy (non-hydrogen) atoms. The lowest BCUT2D eigenvalue weighted by atomic mass is 9.85. The van der Waals surface area contributed by atoms with Gasteiger partial charge < -0.3 is 69.7 Å². The molecule has 3 saturated heterocycles. The zero-order valence-electron chi connectivity index (χ0n) is 72.5. The van der Waals surface area contributed by atoms with E-state index in [9.17, 15) is 33.9 Å². The van der Waals surface area contributed by atoms with Crippen molar-refractivity contribution in [3.8, 4) is 53.7 Å². The summed E-state index contributed by atoms with van der Waals surface area (Å²) in [6.07, 6.45) is 16.1. The van der Waals surface area contributed by atoms with Gasteiger partial charge in [-0.1, -0.05) is 104 Å². The number of carboxylic acid groups (broad SMARTS) is 1. The Kier molecular flexibility index (Phi) is 37.2. The van der Waals surface area contributed by atoms with E-state index >= 15 is 0 Å². The minimum atomic E-state index is -1.07. The van der Waals surface area contributed by atoms with Gasteiger partial charge in [-0.2, -0.15) is 28.8 Å². The average Bonchev–Trinajstić information content (AvgIpc) is 1.81. The number of aromatic nitrogens is 6. The smallest absolute Gasteiger partial charge is 0.408 e. The monoisotopic (exact) mass is 1720 g/mol. The lowest BCUT2D eigenvalue weighted by Crippen LogP contribution is -2.57. The predicted octanol–water partition coefficient (Wildman–Crippen LogP) is 11.6. The lowest BCUT2D eigenvalue weighted by Gasteiger charge is -2.34. The first-order valence-electron chi connectivity index (χ1n) is 41.2. The van der Waals surface area contributed by atoms with Gasteiger partial charge in [-0.15, -0.1) is 12.3 Å². The van der Waals surface area contributed by atoms with Crippen LogP contribution < -0.4 is 40.8 Å². The van der Waals surface area contributed by atoms with Crippen molar-refractivity contribution >= 4 is 99.3 Å². The number of amides is 4.